The van der Waals surface area contributed by atoms with Crippen LogP contribution in [0.15, 0.2) is 40.2 Å². The van der Waals surface area contributed by atoms with E-state index in [1.807, 2.05) is 11.4 Å². The number of benzene rings is 1. The number of rotatable bonds is 5. The molecule has 6 heteroatoms. The Morgan fingerprint density at radius 2 is 2.23 bits per heavy atom. The SMILES string of the molecule is CC(Oc1ccccc1C#N)C(=O)N(C)Cc1cc(Br)cs1. The van der Waals surface area contributed by atoms with E-state index in [4.69, 9.17) is 10.00 Å². The lowest BCUT2D eigenvalue weighted by molar-refractivity contribution is -0.137. The van der Waals surface area contributed by atoms with Crippen molar-refractivity contribution in [3.63, 3.8) is 0 Å². The topological polar surface area (TPSA) is 53.3 Å². The highest BCUT2D eigenvalue weighted by Crippen LogP contribution is 2.22. The Labute approximate surface area is 142 Å². The van der Waals surface area contributed by atoms with Gasteiger partial charge in [-0.15, -0.1) is 11.3 Å². The minimum Gasteiger partial charge on any atom is -0.480 e. The number of halogens is 1. The van der Waals surface area contributed by atoms with Gasteiger partial charge < -0.3 is 9.64 Å². The van der Waals surface area contributed by atoms with Crippen LogP contribution in [-0.4, -0.2) is 24.0 Å². The van der Waals surface area contributed by atoms with Crippen LogP contribution in [0.25, 0.3) is 0 Å². The Morgan fingerprint density at radius 3 is 2.86 bits per heavy atom. The second-order valence-electron chi connectivity index (χ2n) is 4.79. The Kier molecular flexibility index (Phi) is 5.58. The average molecular weight is 379 g/mol. The number of carbonyl (C=O) groups is 1. The molecular formula is C16H15BrN2O2S. The number of nitriles is 1. The molecule has 1 aromatic heterocycles. The maximum absolute atomic E-state index is 12.4. The zero-order valence-corrected chi connectivity index (χ0v) is 14.6. The van der Waals surface area contributed by atoms with Gasteiger partial charge in [-0.1, -0.05) is 12.1 Å². The fourth-order valence-corrected chi connectivity index (χ4v) is 3.46. The lowest BCUT2D eigenvalue weighted by Gasteiger charge is -2.22. The molecule has 1 amide bonds. The van der Waals surface area contributed by atoms with Crippen molar-refractivity contribution in [2.45, 2.75) is 19.6 Å². The monoisotopic (exact) mass is 378 g/mol. The third-order valence-electron chi connectivity index (χ3n) is 3.05. The Bertz CT molecular complexity index is 708. The lowest BCUT2D eigenvalue weighted by atomic mass is 10.2. The van der Waals surface area contributed by atoms with E-state index in [1.54, 1.807) is 54.5 Å². The first-order chi connectivity index (χ1) is 10.5. The number of ether oxygens (including phenoxy) is 1. The third-order valence-corrected chi connectivity index (χ3v) is 4.73. The Balaban J connectivity index is 2.01. The molecule has 0 saturated carbocycles. The molecule has 0 N–H and O–H groups in total. The molecule has 1 heterocycles. The van der Waals surface area contributed by atoms with E-state index in [0.717, 1.165) is 9.35 Å². The van der Waals surface area contributed by atoms with E-state index in [9.17, 15) is 4.79 Å². The molecule has 4 nitrogen and oxygen atoms in total. The molecule has 114 valence electrons. The summed E-state index contributed by atoms with van der Waals surface area (Å²) in [5.74, 6) is 0.301. The smallest absolute Gasteiger partial charge is 0.263 e. The van der Waals surface area contributed by atoms with E-state index < -0.39 is 6.10 Å². The number of amides is 1. The van der Waals surface area contributed by atoms with Crippen molar-refractivity contribution in [1.29, 1.82) is 5.26 Å². The van der Waals surface area contributed by atoms with Crippen LogP contribution in [-0.2, 0) is 11.3 Å². The number of likely N-dealkylation sites (N-methyl/N-ethyl adjacent to an activating group) is 1. The fourth-order valence-electron chi connectivity index (χ4n) is 1.96. The van der Waals surface area contributed by atoms with E-state index in [2.05, 4.69) is 22.0 Å². The standard InChI is InChI=1S/C16H15BrN2O2S/c1-11(21-15-6-4-3-5-12(15)8-18)16(20)19(2)9-14-7-13(17)10-22-14/h3-7,10-11H,9H2,1-2H3. The van der Waals surface area contributed by atoms with Gasteiger partial charge in [0.25, 0.3) is 5.91 Å². The van der Waals surface area contributed by atoms with Gasteiger partial charge in [0.05, 0.1) is 12.1 Å². The van der Waals surface area contributed by atoms with Gasteiger partial charge in [0.1, 0.15) is 11.8 Å². The molecule has 0 spiro atoms. The molecule has 2 aromatic rings. The molecular weight excluding hydrogens is 364 g/mol. The molecule has 2 rings (SSSR count). The van der Waals surface area contributed by atoms with E-state index in [0.29, 0.717) is 17.9 Å². The summed E-state index contributed by atoms with van der Waals surface area (Å²) in [5.41, 5.74) is 0.423. The number of hydrogen-bond donors (Lipinski definition) is 0. The number of carbonyl (C=O) groups excluding carboxylic acids is 1. The second kappa shape index (κ2) is 7.43. The summed E-state index contributed by atoms with van der Waals surface area (Å²) in [4.78, 5) is 15.1. The summed E-state index contributed by atoms with van der Waals surface area (Å²) < 4.78 is 6.66. The van der Waals surface area contributed by atoms with Gasteiger partial charge in [-0.3, -0.25) is 4.79 Å². The highest BCUT2D eigenvalue weighted by molar-refractivity contribution is 9.10. The van der Waals surface area contributed by atoms with Gasteiger partial charge in [-0.2, -0.15) is 5.26 Å². The molecule has 1 aromatic carbocycles. The van der Waals surface area contributed by atoms with Gasteiger partial charge in [0.15, 0.2) is 6.10 Å². The molecule has 0 bridgehead atoms. The first kappa shape index (κ1) is 16.5. The van der Waals surface area contributed by atoms with Crippen molar-refractivity contribution < 1.29 is 9.53 Å². The molecule has 22 heavy (non-hydrogen) atoms. The van der Waals surface area contributed by atoms with Crippen molar-refractivity contribution >= 4 is 33.2 Å². The zero-order chi connectivity index (χ0) is 16.1. The quantitative estimate of drug-likeness (QED) is 0.794. The molecule has 1 atom stereocenters. The van der Waals surface area contributed by atoms with Gasteiger partial charge in [-0.05, 0) is 41.1 Å². The molecule has 0 radical (unpaired) electrons. The van der Waals surface area contributed by atoms with Crippen LogP contribution in [0.1, 0.15) is 17.4 Å². The molecule has 0 saturated heterocycles. The largest absolute Gasteiger partial charge is 0.480 e. The summed E-state index contributed by atoms with van der Waals surface area (Å²) >= 11 is 4.99. The Hall–Kier alpha value is -1.84. The van der Waals surface area contributed by atoms with Gasteiger partial charge >= 0.3 is 0 Å². The van der Waals surface area contributed by atoms with E-state index in [1.165, 1.54) is 0 Å². The summed E-state index contributed by atoms with van der Waals surface area (Å²) in [7, 11) is 1.74. The lowest BCUT2D eigenvalue weighted by Crippen LogP contribution is -2.37. The predicted octanol–water partition coefficient (Wildman–Crippen LogP) is 3.81. The summed E-state index contributed by atoms with van der Waals surface area (Å²) in [6, 6.07) is 10.9. The number of thiophene rings is 1. The van der Waals surface area contributed by atoms with Crippen molar-refractivity contribution in [2.24, 2.45) is 0 Å². The van der Waals surface area contributed by atoms with Crippen LogP contribution in [0.4, 0.5) is 0 Å². The van der Waals surface area contributed by atoms with Crippen LogP contribution in [0.3, 0.4) is 0 Å². The average Bonchev–Trinajstić information content (AvgIpc) is 2.92. The first-order valence-corrected chi connectivity index (χ1v) is 8.32. The van der Waals surface area contributed by atoms with Crippen molar-refractivity contribution in [2.75, 3.05) is 7.05 Å². The Morgan fingerprint density at radius 1 is 1.50 bits per heavy atom. The fraction of sp³-hybridized carbons (Fsp3) is 0.250. The maximum Gasteiger partial charge on any atom is 0.263 e. The van der Waals surface area contributed by atoms with Crippen molar-refractivity contribution in [1.82, 2.24) is 4.90 Å². The van der Waals surface area contributed by atoms with Crippen LogP contribution in [0.2, 0.25) is 0 Å². The normalized spacial score (nSPS) is 11.5. The predicted molar refractivity (Wildman–Crippen MR) is 89.7 cm³/mol. The van der Waals surface area contributed by atoms with Gasteiger partial charge in [0, 0.05) is 21.8 Å². The molecule has 0 aliphatic rings. The minimum atomic E-state index is -0.650. The van der Waals surface area contributed by atoms with Crippen molar-refractivity contribution in [3.8, 4) is 11.8 Å². The summed E-state index contributed by atoms with van der Waals surface area (Å²) in [5, 5.41) is 11.0. The number of para-hydroxylation sites is 1. The maximum atomic E-state index is 12.4. The third kappa shape index (κ3) is 4.09. The van der Waals surface area contributed by atoms with Crippen LogP contribution in [0.5, 0.6) is 5.75 Å². The van der Waals surface area contributed by atoms with Gasteiger partial charge in [-0.25, -0.2) is 0 Å². The molecule has 0 aliphatic carbocycles. The van der Waals surface area contributed by atoms with Gasteiger partial charge in [0.2, 0.25) is 0 Å². The van der Waals surface area contributed by atoms with Crippen LogP contribution >= 0.6 is 27.3 Å². The summed E-state index contributed by atoms with van der Waals surface area (Å²) in [6.45, 7) is 2.22. The highest BCUT2D eigenvalue weighted by Gasteiger charge is 2.20. The summed E-state index contributed by atoms with van der Waals surface area (Å²) in [6.07, 6.45) is -0.650. The van der Waals surface area contributed by atoms with E-state index >= 15 is 0 Å². The van der Waals surface area contributed by atoms with E-state index in [-0.39, 0.29) is 5.91 Å². The molecule has 0 aliphatic heterocycles. The molecule has 0 fully saturated rings. The van der Waals surface area contributed by atoms with Crippen molar-refractivity contribution in [3.05, 3.63) is 50.6 Å². The molecule has 1 unspecified atom stereocenters. The number of nitrogens with zero attached hydrogens (tertiary/aromatic N) is 2. The van der Waals surface area contributed by atoms with Crippen LogP contribution < -0.4 is 4.74 Å². The van der Waals surface area contributed by atoms with Crippen LogP contribution in [0, 0.1) is 11.3 Å². The number of hydrogen-bond acceptors (Lipinski definition) is 4. The highest BCUT2D eigenvalue weighted by atomic mass is 79.9. The second-order valence-corrected chi connectivity index (χ2v) is 6.71. The first-order valence-electron chi connectivity index (χ1n) is 6.65. The minimum absolute atomic E-state index is 0.128. The zero-order valence-electron chi connectivity index (χ0n) is 12.2.